The van der Waals surface area contributed by atoms with Gasteiger partial charge < -0.3 is 0 Å². The van der Waals surface area contributed by atoms with Gasteiger partial charge in [0.1, 0.15) is 0 Å². The van der Waals surface area contributed by atoms with Gasteiger partial charge in [-0.15, -0.1) is 6.58 Å². The minimum absolute atomic E-state index is 0.551. The van der Waals surface area contributed by atoms with Crippen LogP contribution >= 0.6 is 0 Å². The first-order valence-corrected chi connectivity index (χ1v) is 4.47. The smallest absolute Gasteiger partial charge is 0.00332 e. The Hall–Kier alpha value is -0.520. The zero-order chi connectivity index (χ0) is 9.28. The van der Waals surface area contributed by atoms with Crippen LogP contribution in [0.15, 0.2) is 24.8 Å². The minimum Gasteiger partial charge on any atom is -0.102 e. The molecule has 0 amide bonds. The minimum atomic E-state index is 0.551. The molecule has 66 valence electrons. The van der Waals surface area contributed by atoms with E-state index in [0.717, 1.165) is 0 Å². The lowest BCUT2D eigenvalue weighted by Gasteiger charge is -2.09. The van der Waals surface area contributed by atoms with E-state index < -0.39 is 0 Å². The molecule has 0 fully saturated rings. The lowest BCUT2D eigenvalue weighted by atomic mass is 9.96. The molecule has 0 saturated carbocycles. The summed E-state index contributed by atoms with van der Waals surface area (Å²) in [7, 11) is 0. The fourth-order valence-electron chi connectivity index (χ4n) is 0.795. The first-order chi connectivity index (χ1) is 5.22. The largest absolute Gasteiger partial charge is 0.102 e. The fraction of sp³-hybridized carbons (Fsp3) is 0.636. The third-order valence-corrected chi connectivity index (χ3v) is 1.46. The summed E-state index contributed by atoms with van der Waals surface area (Å²) in [5, 5.41) is 0. The second-order valence-corrected chi connectivity index (χ2v) is 2.58. The van der Waals surface area contributed by atoms with Gasteiger partial charge in [-0.1, -0.05) is 45.9 Å². The van der Waals surface area contributed by atoms with Gasteiger partial charge in [0.15, 0.2) is 0 Å². The highest BCUT2D eigenvalue weighted by atomic mass is 14.1. The first kappa shape index (κ1) is 13.1. The number of hydrogen-bond acceptors (Lipinski definition) is 0. The summed E-state index contributed by atoms with van der Waals surface area (Å²) >= 11 is 0. The normalized spacial score (nSPS) is 12.5. The molecule has 1 atom stereocenters. The van der Waals surface area contributed by atoms with Gasteiger partial charge in [-0.2, -0.15) is 0 Å². The van der Waals surface area contributed by atoms with Crippen molar-refractivity contribution in [3.63, 3.8) is 0 Å². The zero-order valence-corrected chi connectivity index (χ0v) is 8.59. The van der Waals surface area contributed by atoms with Gasteiger partial charge in [-0.3, -0.25) is 0 Å². The summed E-state index contributed by atoms with van der Waals surface area (Å²) in [6.07, 6.45) is 6.24. The van der Waals surface area contributed by atoms with Crippen molar-refractivity contribution in [2.75, 3.05) is 0 Å². The zero-order valence-electron chi connectivity index (χ0n) is 8.59. The quantitative estimate of drug-likeness (QED) is 0.538. The van der Waals surface area contributed by atoms with Crippen LogP contribution < -0.4 is 0 Å². The number of hydrogen-bond donors (Lipinski definition) is 0. The van der Waals surface area contributed by atoms with Crippen molar-refractivity contribution in [1.82, 2.24) is 0 Å². The molecule has 0 aliphatic carbocycles. The molecule has 0 aliphatic rings. The second kappa shape index (κ2) is 9.48. The molecule has 0 heterocycles. The van der Waals surface area contributed by atoms with Crippen LogP contribution in [-0.2, 0) is 0 Å². The lowest BCUT2D eigenvalue weighted by molar-refractivity contribution is 0.551. The standard InChI is InChI=1S/C9H16.C2H6/c1-5-7-9(6-2)8(3)4;1-2/h5-9H,2H2,1,3-4H3;1-2H3/b7-5-;. The molecule has 0 aliphatic heterocycles. The highest BCUT2D eigenvalue weighted by Crippen LogP contribution is 2.12. The Morgan fingerprint density at radius 2 is 1.64 bits per heavy atom. The molecule has 0 saturated heterocycles. The second-order valence-electron chi connectivity index (χ2n) is 2.58. The molecule has 1 unspecified atom stereocenters. The van der Waals surface area contributed by atoms with Gasteiger partial charge >= 0.3 is 0 Å². The molecular formula is C11H22. The van der Waals surface area contributed by atoms with Crippen LogP contribution in [0.2, 0.25) is 0 Å². The Morgan fingerprint density at radius 1 is 1.18 bits per heavy atom. The van der Waals surface area contributed by atoms with E-state index in [4.69, 9.17) is 0 Å². The third kappa shape index (κ3) is 7.38. The molecule has 11 heavy (non-hydrogen) atoms. The van der Waals surface area contributed by atoms with Crippen LogP contribution in [0, 0.1) is 11.8 Å². The molecule has 0 aromatic rings. The molecule has 0 N–H and O–H groups in total. The van der Waals surface area contributed by atoms with Crippen molar-refractivity contribution in [1.29, 1.82) is 0 Å². The predicted molar refractivity (Wildman–Crippen MR) is 54.7 cm³/mol. The predicted octanol–water partition coefficient (Wildman–Crippen LogP) is 4.05. The lowest BCUT2D eigenvalue weighted by Crippen LogP contribution is -2.00. The van der Waals surface area contributed by atoms with Crippen molar-refractivity contribution >= 4 is 0 Å². The summed E-state index contributed by atoms with van der Waals surface area (Å²) in [6.45, 7) is 14.2. The van der Waals surface area contributed by atoms with Crippen molar-refractivity contribution in [3.8, 4) is 0 Å². The average molecular weight is 154 g/mol. The van der Waals surface area contributed by atoms with E-state index >= 15 is 0 Å². The van der Waals surface area contributed by atoms with Gasteiger partial charge in [-0.25, -0.2) is 0 Å². The molecule has 0 bridgehead atoms. The van der Waals surface area contributed by atoms with Gasteiger partial charge in [-0.05, 0) is 18.8 Å². The van der Waals surface area contributed by atoms with Crippen molar-refractivity contribution in [2.45, 2.75) is 34.6 Å². The van der Waals surface area contributed by atoms with Crippen molar-refractivity contribution in [3.05, 3.63) is 24.8 Å². The van der Waals surface area contributed by atoms with E-state index in [1.807, 2.05) is 26.8 Å². The summed E-state index contributed by atoms with van der Waals surface area (Å²) in [5.41, 5.74) is 0. The highest BCUT2D eigenvalue weighted by Gasteiger charge is 2.02. The molecular weight excluding hydrogens is 132 g/mol. The van der Waals surface area contributed by atoms with Gasteiger partial charge in [0, 0.05) is 0 Å². The topological polar surface area (TPSA) is 0 Å². The Balaban J connectivity index is 0. The summed E-state index contributed by atoms with van der Waals surface area (Å²) in [6, 6.07) is 0. The third-order valence-electron chi connectivity index (χ3n) is 1.46. The van der Waals surface area contributed by atoms with E-state index in [1.54, 1.807) is 0 Å². The summed E-state index contributed by atoms with van der Waals surface area (Å²) in [4.78, 5) is 0. The monoisotopic (exact) mass is 154 g/mol. The Bertz CT molecular complexity index is 98.6. The van der Waals surface area contributed by atoms with Gasteiger partial charge in [0.25, 0.3) is 0 Å². The van der Waals surface area contributed by atoms with Crippen LogP contribution in [0.1, 0.15) is 34.6 Å². The van der Waals surface area contributed by atoms with Crippen LogP contribution in [0.4, 0.5) is 0 Å². The summed E-state index contributed by atoms with van der Waals surface area (Å²) in [5.74, 6) is 1.23. The maximum absolute atomic E-state index is 3.75. The average Bonchev–Trinajstić information content (AvgIpc) is 2.03. The van der Waals surface area contributed by atoms with E-state index in [2.05, 4.69) is 32.6 Å². The number of allylic oxidation sites excluding steroid dienone is 3. The molecule has 0 rings (SSSR count). The molecule has 0 aromatic heterocycles. The van der Waals surface area contributed by atoms with E-state index in [-0.39, 0.29) is 0 Å². The van der Waals surface area contributed by atoms with Crippen LogP contribution in [-0.4, -0.2) is 0 Å². The Kier molecular flexibility index (Phi) is 11.3. The van der Waals surface area contributed by atoms with Crippen LogP contribution in [0.3, 0.4) is 0 Å². The Morgan fingerprint density at radius 3 is 1.73 bits per heavy atom. The van der Waals surface area contributed by atoms with E-state index in [0.29, 0.717) is 11.8 Å². The Labute approximate surface area is 72.0 Å². The van der Waals surface area contributed by atoms with Crippen LogP contribution in [0.25, 0.3) is 0 Å². The molecule has 0 aromatic carbocycles. The first-order valence-electron chi connectivity index (χ1n) is 4.47. The van der Waals surface area contributed by atoms with Crippen molar-refractivity contribution in [2.24, 2.45) is 11.8 Å². The molecule has 0 radical (unpaired) electrons. The molecule has 0 nitrogen and oxygen atoms in total. The number of rotatable bonds is 3. The SMILES string of the molecule is C=CC(/C=C\C)C(C)C.CC. The van der Waals surface area contributed by atoms with Gasteiger partial charge in [0.05, 0.1) is 0 Å². The highest BCUT2D eigenvalue weighted by molar-refractivity contribution is 4.96. The van der Waals surface area contributed by atoms with Gasteiger partial charge in [0.2, 0.25) is 0 Å². The van der Waals surface area contributed by atoms with Crippen molar-refractivity contribution < 1.29 is 0 Å². The molecule has 0 heteroatoms. The van der Waals surface area contributed by atoms with E-state index in [9.17, 15) is 0 Å². The van der Waals surface area contributed by atoms with E-state index in [1.165, 1.54) is 0 Å². The maximum atomic E-state index is 3.75. The van der Waals surface area contributed by atoms with Crippen LogP contribution in [0.5, 0.6) is 0 Å². The molecule has 0 spiro atoms. The maximum Gasteiger partial charge on any atom is -0.00332 e. The fourth-order valence-corrected chi connectivity index (χ4v) is 0.795. The summed E-state index contributed by atoms with van der Waals surface area (Å²) < 4.78 is 0.